The number of fused-ring (bicyclic) bond motifs is 8. The zero-order valence-corrected chi connectivity index (χ0v) is 39.1. The summed E-state index contributed by atoms with van der Waals surface area (Å²) in [4.78, 5) is 20.8. The maximum absolute atomic E-state index is 5.50. The zero-order valence-electron chi connectivity index (χ0n) is 35.8. The van der Waals surface area contributed by atoms with E-state index in [0.29, 0.717) is 0 Å². The average Bonchev–Trinajstić information content (AvgIpc) is 4.25. The fourth-order valence-electron chi connectivity index (χ4n) is 9.80. The first kappa shape index (κ1) is 38.3. The second-order valence-corrected chi connectivity index (χ2v) is 21.2. The summed E-state index contributed by atoms with van der Waals surface area (Å²) < 4.78 is 10.7. The highest BCUT2D eigenvalue weighted by Gasteiger charge is 2.32. The standard InChI is InChI=1S/C57H33N7S4/c1-10-22-47-34(13-1)31-52(66-47)62-42-19-7-4-16-39(42)58-55(62)37-25-27-45-50(29-37)65-51-30-38(56-59-40-17-5-8-20-43(40)63(56)53-32-35-14-2-11-23-48(35)67-53)26-28-46(51)61(45)57-60-41-18-6-9-21-44(41)64(57)54-33-36-15-3-12-24-49(36)68-54/h1-33H. The van der Waals surface area contributed by atoms with E-state index in [1.165, 1.54) is 30.3 Å². The fourth-order valence-corrected chi connectivity index (χ4v) is 14.2. The van der Waals surface area contributed by atoms with Crippen molar-refractivity contribution in [2.75, 3.05) is 4.90 Å². The quantitative estimate of drug-likeness (QED) is 0.166. The van der Waals surface area contributed by atoms with E-state index in [-0.39, 0.29) is 0 Å². The summed E-state index contributed by atoms with van der Waals surface area (Å²) in [6.07, 6.45) is 0. The molecule has 6 aromatic heterocycles. The molecule has 320 valence electrons. The summed E-state index contributed by atoms with van der Waals surface area (Å²) in [5.74, 6) is 2.64. The molecule has 0 saturated heterocycles. The number of nitrogens with zero attached hydrogens (tertiary/aromatic N) is 7. The van der Waals surface area contributed by atoms with Crippen molar-refractivity contribution in [2.24, 2.45) is 0 Å². The third-order valence-electron chi connectivity index (χ3n) is 12.9. The van der Waals surface area contributed by atoms with E-state index < -0.39 is 0 Å². The minimum atomic E-state index is 0.830. The third kappa shape index (κ3) is 5.86. The number of thiophene rings is 3. The van der Waals surface area contributed by atoms with E-state index in [0.717, 1.165) is 98.0 Å². The molecular weight excluding hydrogens is 911 g/mol. The normalized spacial score (nSPS) is 12.6. The Morgan fingerprint density at radius 2 is 0.721 bits per heavy atom. The van der Waals surface area contributed by atoms with Gasteiger partial charge in [-0.05, 0) is 125 Å². The molecule has 0 spiro atoms. The van der Waals surface area contributed by atoms with Gasteiger partial charge in [0, 0.05) is 35.0 Å². The Hall–Kier alpha value is -7.80. The highest BCUT2D eigenvalue weighted by atomic mass is 32.2. The molecule has 0 fully saturated rings. The smallest absolute Gasteiger partial charge is 0.221 e. The first-order valence-electron chi connectivity index (χ1n) is 22.3. The van der Waals surface area contributed by atoms with Crippen LogP contribution in [0.25, 0.3) is 101 Å². The first-order valence-corrected chi connectivity index (χ1v) is 25.6. The molecule has 0 atom stereocenters. The van der Waals surface area contributed by atoms with Crippen LogP contribution in [0.5, 0.6) is 0 Å². The van der Waals surface area contributed by atoms with E-state index in [4.69, 9.17) is 15.0 Å². The van der Waals surface area contributed by atoms with Crippen LogP contribution in [0, 0.1) is 0 Å². The van der Waals surface area contributed by atoms with Gasteiger partial charge in [-0.2, -0.15) is 0 Å². The van der Waals surface area contributed by atoms with Gasteiger partial charge in [-0.1, -0.05) is 103 Å². The van der Waals surface area contributed by atoms with Gasteiger partial charge in [-0.15, -0.1) is 34.0 Å². The van der Waals surface area contributed by atoms with E-state index in [9.17, 15) is 0 Å². The Morgan fingerprint density at radius 3 is 1.18 bits per heavy atom. The Labute approximate surface area is 405 Å². The third-order valence-corrected chi connectivity index (χ3v) is 17.3. The minimum absolute atomic E-state index is 0.830. The van der Waals surface area contributed by atoms with Crippen molar-refractivity contribution < 1.29 is 0 Å². The van der Waals surface area contributed by atoms with Gasteiger partial charge in [0.05, 0.1) is 44.5 Å². The van der Waals surface area contributed by atoms with Crippen molar-refractivity contribution in [1.82, 2.24) is 28.7 Å². The molecule has 0 N–H and O–H groups in total. The van der Waals surface area contributed by atoms with Crippen molar-refractivity contribution in [3.05, 3.63) is 200 Å². The molecule has 0 unspecified atom stereocenters. The highest BCUT2D eigenvalue weighted by Crippen LogP contribution is 2.54. The Morgan fingerprint density at radius 1 is 0.338 bits per heavy atom. The fraction of sp³-hybridized carbons (Fsp3) is 0. The number of hydrogen-bond donors (Lipinski definition) is 0. The molecule has 68 heavy (non-hydrogen) atoms. The maximum Gasteiger partial charge on any atom is 0.221 e. The minimum Gasteiger partial charge on any atom is -0.283 e. The molecule has 0 bridgehead atoms. The van der Waals surface area contributed by atoms with E-state index >= 15 is 0 Å². The molecule has 0 radical (unpaired) electrons. The highest BCUT2D eigenvalue weighted by molar-refractivity contribution is 7.99. The lowest BCUT2D eigenvalue weighted by molar-refractivity contribution is 1.02. The second-order valence-electron chi connectivity index (χ2n) is 16.9. The molecule has 0 amide bonds. The van der Waals surface area contributed by atoms with Crippen LogP contribution in [0.2, 0.25) is 0 Å². The van der Waals surface area contributed by atoms with Crippen molar-refractivity contribution in [2.45, 2.75) is 9.79 Å². The lowest BCUT2D eigenvalue weighted by Crippen LogP contribution is -2.19. The molecule has 14 aromatic rings. The molecule has 7 nitrogen and oxygen atoms in total. The summed E-state index contributed by atoms with van der Waals surface area (Å²) in [6.45, 7) is 0. The Balaban J connectivity index is 0.959. The van der Waals surface area contributed by atoms with Crippen molar-refractivity contribution in [1.29, 1.82) is 0 Å². The number of aromatic nitrogens is 6. The van der Waals surface area contributed by atoms with Gasteiger partial charge in [0.2, 0.25) is 5.95 Å². The number of benzene rings is 8. The van der Waals surface area contributed by atoms with Crippen LogP contribution in [-0.4, -0.2) is 28.7 Å². The number of anilines is 3. The second kappa shape index (κ2) is 14.9. The maximum atomic E-state index is 5.50. The number of hydrogen-bond acceptors (Lipinski definition) is 8. The summed E-state index contributed by atoms with van der Waals surface area (Å²) in [7, 11) is 0. The molecule has 15 rings (SSSR count). The van der Waals surface area contributed by atoms with Crippen molar-refractivity contribution >= 4 is 126 Å². The monoisotopic (exact) mass is 943 g/mol. The van der Waals surface area contributed by atoms with Gasteiger partial charge in [0.25, 0.3) is 0 Å². The summed E-state index contributed by atoms with van der Waals surface area (Å²) >= 11 is 7.16. The van der Waals surface area contributed by atoms with Gasteiger partial charge < -0.3 is 0 Å². The van der Waals surface area contributed by atoms with Crippen LogP contribution in [0.3, 0.4) is 0 Å². The van der Waals surface area contributed by atoms with Gasteiger partial charge in [0.1, 0.15) is 26.7 Å². The van der Waals surface area contributed by atoms with Crippen LogP contribution >= 0.6 is 45.8 Å². The number of imidazole rings is 3. The van der Waals surface area contributed by atoms with Gasteiger partial charge in [-0.3, -0.25) is 18.6 Å². The van der Waals surface area contributed by atoms with Crippen LogP contribution < -0.4 is 4.90 Å². The van der Waals surface area contributed by atoms with Crippen molar-refractivity contribution in [3.63, 3.8) is 0 Å². The first-order chi connectivity index (χ1) is 33.7. The Kier molecular flexibility index (Phi) is 8.37. The SMILES string of the molecule is c1ccc2sc(-n3c(-c4ccc5c(c4)Sc4cc(-c6nc7ccccc7n6-c6cc7ccccc7s6)ccc4N5c4nc5ccccc5n4-c4cc5ccccc5s4)nc4ccccc43)cc2c1. The van der Waals surface area contributed by atoms with Crippen LogP contribution in [-0.2, 0) is 0 Å². The molecular formula is C57H33N7S4. The Bertz CT molecular complexity index is 4050. The number of rotatable bonds is 6. The molecule has 7 heterocycles. The molecule has 11 heteroatoms. The van der Waals surface area contributed by atoms with E-state index in [1.807, 2.05) is 0 Å². The predicted octanol–water partition coefficient (Wildman–Crippen LogP) is 16.6. The van der Waals surface area contributed by atoms with Crippen LogP contribution in [0.15, 0.2) is 210 Å². The molecule has 1 aliphatic heterocycles. The van der Waals surface area contributed by atoms with Crippen LogP contribution in [0.4, 0.5) is 17.3 Å². The average molecular weight is 944 g/mol. The number of para-hydroxylation sites is 6. The largest absolute Gasteiger partial charge is 0.283 e. The zero-order chi connectivity index (χ0) is 44.5. The van der Waals surface area contributed by atoms with Crippen molar-refractivity contribution in [3.8, 4) is 37.8 Å². The van der Waals surface area contributed by atoms with Gasteiger partial charge in [0.15, 0.2) is 0 Å². The topological polar surface area (TPSA) is 56.7 Å². The van der Waals surface area contributed by atoms with Gasteiger partial charge >= 0.3 is 0 Å². The van der Waals surface area contributed by atoms with Gasteiger partial charge in [-0.25, -0.2) is 15.0 Å². The molecule has 8 aromatic carbocycles. The van der Waals surface area contributed by atoms with Crippen LogP contribution in [0.1, 0.15) is 0 Å². The summed E-state index contributed by atoms with van der Waals surface area (Å²) in [5, 5.41) is 7.04. The lowest BCUT2D eigenvalue weighted by atomic mass is 10.1. The molecule has 0 saturated carbocycles. The predicted molar refractivity (Wildman–Crippen MR) is 286 cm³/mol. The van der Waals surface area contributed by atoms with E-state index in [1.54, 1.807) is 45.8 Å². The lowest BCUT2D eigenvalue weighted by Gasteiger charge is -2.32. The molecule has 0 aliphatic carbocycles. The summed E-state index contributed by atoms with van der Waals surface area (Å²) in [6, 6.07) is 71.7. The van der Waals surface area contributed by atoms with E-state index in [2.05, 4.69) is 219 Å². The molecule has 1 aliphatic rings. The summed E-state index contributed by atoms with van der Waals surface area (Å²) in [5.41, 5.74) is 10.2.